The molecule has 3 aromatic rings. The van der Waals surface area contributed by atoms with E-state index in [1.165, 1.54) is 12.4 Å². The Kier molecular flexibility index (Phi) is 6.71. The van der Waals surface area contributed by atoms with Crippen LogP contribution in [0.3, 0.4) is 0 Å². The van der Waals surface area contributed by atoms with Gasteiger partial charge in [0, 0.05) is 35.9 Å². The van der Waals surface area contributed by atoms with Crippen molar-refractivity contribution in [2.24, 2.45) is 0 Å². The van der Waals surface area contributed by atoms with Crippen LogP contribution in [-0.2, 0) is 10.3 Å². The van der Waals surface area contributed by atoms with Crippen molar-refractivity contribution >= 4 is 12.1 Å². The quantitative estimate of drug-likeness (QED) is 0.580. The number of rotatable bonds is 6. The molecule has 3 N–H and O–H groups in total. The first-order valence-corrected chi connectivity index (χ1v) is 9.38. The second-order valence-electron chi connectivity index (χ2n) is 6.41. The van der Waals surface area contributed by atoms with Crippen LogP contribution in [0.4, 0.5) is 9.59 Å². The molecule has 2 aromatic heterocycles. The summed E-state index contributed by atoms with van der Waals surface area (Å²) in [5.74, 6) is 0. The zero-order chi connectivity index (χ0) is 21.4. The van der Waals surface area contributed by atoms with E-state index in [4.69, 9.17) is 4.74 Å². The molecule has 0 saturated heterocycles. The highest BCUT2D eigenvalue weighted by Gasteiger charge is 2.43. The highest BCUT2D eigenvalue weighted by Crippen LogP contribution is 2.40. The molecule has 3 rings (SSSR count). The fourth-order valence-corrected chi connectivity index (χ4v) is 3.18. The first kappa shape index (κ1) is 20.9. The Morgan fingerprint density at radius 2 is 1.60 bits per heavy atom. The maximum Gasteiger partial charge on any atom is 0.415 e. The predicted molar refractivity (Wildman–Crippen MR) is 109 cm³/mol. The summed E-state index contributed by atoms with van der Waals surface area (Å²) in [5, 5.41) is 16.8. The minimum atomic E-state index is -1.73. The van der Waals surface area contributed by atoms with Gasteiger partial charge in [0.1, 0.15) is 5.60 Å². The molecule has 0 spiro atoms. The number of pyridine rings is 2. The molecule has 0 aliphatic rings. The van der Waals surface area contributed by atoms with Crippen molar-refractivity contribution in [2.45, 2.75) is 18.6 Å². The molecular weight excluding hydrogens is 384 g/mol. The van der Waals surface area contributed by atoms with Gasteiger partial charge in [0.05, 0.1) is 12.6 Å². The molecule has 1 atom stereocenters. The highest BCUT2D eigenvalue weighted by molar-refractivity contribution is 5.91. The van der Waals surface area contributed by atoms with E-state index < -0.39 is 23.8 Å². The van der Waals surface area contributed by atoms with Gasteiger partial charge in [-0.05, 0) is 24.6 Å². The van der Waals surface area contributed by atoms with Gasteiger partial charge in [0.25, 0.3) is 0 Å². The number of nitrogens with zero attached hydrogens (tertiary/aromatic N) is 2. The van der Waals surface area contributed by atoms with Gasteiger partial charge in [-0.15, -0.1) is 0 Å². The number of nitrogens with one attached hydrogen (secondary N) is 2. The summed E-state index contributed by atoms with van der Waals surface area (Å²) in [6.45, 7) is 1.75. The van der Waals surface area contributed by atoms with E-state index in [2.05, 4.69) is 20.6 Å². The zero-order valence-electron chi connectivity index (χ0n) is 16.4. The topological polar surface area (TPSA) is 113 Å². The van der Waals surface area contributed by atoms with Crippen molar-refractivity contribution in [1.82, 2.24) is 20.6 Å². The average molecular weight is 406 g/mol. The van der Waals surface area contributed by atoms with Crippen LogP contribution in [-0.4, -0.2) is 33.8 Å². The number of hydrogen-bond donors (Lipinski definition) is 3. The number of urea groups is 1. The number of carbonyl (C=O) groups excluding carboxylic acids is 2. The van der Waals surface area contributed by atoms with Gasteiger partial charge in [-0.1, -0.05) is 42.5 Å². The summed E-state index contributed by atoms with van der Waals surface area (Å²) in [6.07, 6.45) is 5.34. The van der Waals surface area contributed by atoms with Gasteiger partial charge in [-0.2, -0.15) is 0 Å². The Bertz CT molecular complexity index is 929. The first-order valence-electron chi connectivity index (χ1n) is 9.38. The van der Waals surface area contributed by atoms with Crippen LogP contribution in [0.5, 0.6) is 0 Å². The number of amides is 3. The molecule has 0 aliphatic carbocycles. The zero-order valence-corrected chi connectivity index (χ0v) is 16.4. The molecule has 1 aromatic carbocycles. The van der Waals surface area contributed by atoms with Gasteiger partial charge in [0.15, 0.2) is 0 Å². The number of carbonyl (C=O) groups is 2. The van der Waals surface area contributed by atoms with E-state index in [1.807, 2.05) is 6.07 Å². The van der Waals surface area contributed by atoms with Crippen molar-refractivity contribution in [1.29, 1.82) is 0 Å². The Morgan fingerprint density at radius 3 is 2.10 bits per heavy atom. The summed E-state index contributed by atoms with van der Waals surface area (Å²) >= 11 is 0. The number of benzene rings is 1. The van der Waals surface area contributed by atoms with E-state index in [0.717, 1.165) is 0 Å². The molecule has 0 fully saturated rings. The third-order valence-electron chi connectivity index (χ3n) is 4.52. The van der Waals surface area contributed by atoms with E-state index in [-0.39, 0.29) is 6.61 Å². The number of aliphatic hydroxyl groups is 1. The first-order chi connectivity index (χ1) is 14.6. The lowest BCUT2D eigenvalue weighted by Crippen LogP contribution is -2.49. The summed E-state index contributed by atoms with van der Waals surface area (Å²) < 4.78 is 4.76. The number of hydrogen-bond acceptors (Lipinski definition) is 6. The second-order valence-corrected chi connectivity index (χ2v) is 6.41. The molecule has 8 nitrogen and oxygen atoms in total. The van der Waals surface area contributed by atoms with Crippen LogP contribution in [0.2, 0.25) is 0 Å². The average Bonchev–Trinajstić information content (AvgIpc) is 2.79. The third-order valence-corrected chi connectivity index (χ3v) is 4.52. The van der Waals surface area contributed by atoms with Crippen LogP contribution in [0.15, 0.2) is 79.4 Å². The lowest BCUT2D eigenvalue weighted by Gasteiger charge is -2.37. The molecule has 8 heteroatoms. The Hall–Kier alpha value is -3.78. The van der Waals surface area contributed by atoms with Crippen molar-refractivity contribution in [2.75, 3.05) is 6.61 Å². The second kappa shape index (κ2) is 9.62. The van der Waals surface area contributed by atoms with E-state index in [1.54, 1.807) is 67.8 Å². The maximum absolute atomic E-state index is 12.6. The van der Waals surface area contributed by atoms with E-state index >= 15 is 0 Å². The van der Waals surface area contributed by atoms with Crippen LogP contribution < -0.4 is 10.6 Å². The molecule has 2 heterocycles. The van der Waals surface area contributed by atoms with Crippen molar-refractivity contribution in [3.05, 3.63) is 96.1 Å². The standard InChI is InChI=1S/C22H22N4O4/c1-2-30-21(28)26-20(27)25-19(16-8-4-3-5-9-16)22(29,17-10-6-12-23-14-17)18-11-7-13-24-15-18/h3-15,19,29H,2H2,1H3,(H2,25,26,27,28)/t19-/m1/s1. The van der Waals surface area contributed by atoms with Gasteiger partial charge >= 0.3 is 12.1 Å². The number of ether oxygens (including phenoxy) is 1. The molecule has 154 valence electrons. The summed E-state index contributed by atoms with van der Waals surface area (Å²) in [7, 11) is 0. The fourth-order valence-electron chi connectivity index (χ4n) is 3.18. The normalized spacial score (nSPS) is 11.9. The van der Waals surface area contributed by atoms with Gasteiger partial charge in [0.2, 0.25) is 0 Å². The molecule has 0 aliphatic heterocycles. The third kappa shape index (κ3) is 4.61. The fraction of sp³-hybridized carbons (Fsp3) is 0.182. The lowest BCUT2D eigenvalue weighted by molar-refractivity contribution is 0.0393. The van der Waals surface area contributed by atoms with Crippen molar-refractivity contribution in [3.8, 4) is 0 Å². The lowest BCUT2D eigenvalue weighted by atomic mass is 9.78. The minimum Gasteiger partial charge on any atom is -0.450 e. The number of aromatic nitrogens is 2. The maximum atomic E-state index is 12.6. The van der Waals surface area contributed by atoms with Crippen LogP contribution in [0.1, 0.15) is 29.7 Å². The Labute approximate surface area is 174 Å². The molecule has 30 heavy (non-hydrogen) atoms. The summed E-state index contributed by atoms with van der Waals surface area (Å²) in [6, 6.07) is 14.0. The summed E-state index contributed by atoms with van der Waals surface area (Å²) in [5.41, 5.74) is -0.214. The van der Waals surface area contributed by atoms with E-state index in [0.29, 0.717) is 16.7 Å². The van der Waals surface area contributed by atoms with Gasteiger partial charge < -0.3 is 15.2 Å². The number of alkyl carbamates (subject to hydrolysis) is 1. The van der Waals surface area contributed by atoms with Crippen LogP contribution in [0.25, 0.3) is 0 Å². The van der Waals surface area contributed by atoms with Crippen molar-refractivity contribution < 1.29 is 19.4 Å². The summed E-state index contributed by atoms with van der Waals surface area (Å²) in [4.78, 5) is 32.5. The molecule has 0 unspecified atom stereocenters. The molecular formula is C22H22N4O4. The SMILES string of the molecule is CCOC(=O)NC(=O)N[C@H](c1ccccc1)C(O)(c1cccnc1)c1cccnc1. The van der Waals surface area contributed by atoms with Crippen LogP contribution >= 0.6 is 0 Å². The van der Waals surface area contributed by atoms with Gasteiger partial charge in [-0.25, -0.2) is 14.9 Å². The molecule has 0 saturated carbocycles. The Balaban J connectivity index is 2.08. The smallest absolute Gasteiger partial charge is 0.415 e. The minimum absolute atomic E-state index is 0.122. The molecule has 0 radical (unpaired) electrons. The van der Waals surface area contributed by atoms with Crippen molar-refractivity contribution in [3.63, 3.8) is 0 Å². The largest absolute Gasteiger partial charge is 0.450 e. The molecule has 3 amide bonds. The number of imide groups is 1. The predicted octanol–water partition coefficient (Wildman–Crippen LogP) is 2.91. The highest BCUT2D eigenvalue weighted by atomic mass is 16.5. The van der Waals surface area contributed by atoms with E-state index in [9.17, 15) is 14.7 Å². The van der Waals surface area contributed by atoms with Gasteiger partial charge in [-0.3, -0.25) is 9.97 Å². The monoisotopic (exact) mass is 406 g/mol. The van der Waals surface area contributed by atoms with Crippen LogP contribution in [0, 0.1) is 0 Å². The molecule has 0 bridgehead atoms. The Morgan fingerprint density at radius 1 is 1.00 bits per heavy atom.